The third kappa shape index (κ3) is 2.96. The van der Waals surface area contributed by atoms with Crippen LogP contribution in [0, 0.1) is 12.3 Å². The van der Waals surface area contributed by atoms with Gasteiger partial charge in [-0.15, -0.1) is 0 Å². The van der Waals surface area contributed by atoms with E-state index >= 15 is 0 Å². The van der Waals surface area contributed by atoms with E-state index in [-0.39, 0.29) is 0 Å². The van der Waals surface area contributed by atoms with Gasteiger partial charge in [0.15, 0.2) is 0 Å². The first-order valence-corrected chi connectivity index (χ1v) is 6.65. The van der Waals surface area contributed by atoms with Crippen molar-refractivity contribution in [3.63, 3.8) is 0 Å². The number of rotatable bonds is 5. The molecule has 2 saturated heterocycles. The molecule has 3 nitrogen and oxygen atoms in total. The van der Waals surface area contributed by atoms with Crippen molar-refractivity contribution in [3.8, 4) is 0 Å². The van der Waals surface area contributed by atoms with E-state index in [1.165, 1.54) is 32.5 Å². The highest BCUT2D eigenvalue weighted by molar-refractivity contribution is 4.99. The molecule has 1 radical (unpaired) electrons. The first-order valence-electron chi connectivity index (χ1n) is 6.65. The smallest absolute Gasteiger partial charge is 0.0593 e. The van der Waals surface area contributed by atoms with E-state index in [1.54, 1.807) is 0 Å². The standard InChI is InChI=1S/C13H25N2O/c1-3-16-10-9-15-7-4-5-13(15)12-6-8-14(2)11-12/h5,12-13H,3-4,6-11H2,1-2H3. The fraction of sp³-hybridized carbons (Fsp3) is 0.923. The van der Waals surface area contributed by atoms with E-state index < -0.39 is 0 Å². The molecule has 2 heterocycles. The summed E-state index contributed by atoms with van der Waals surface area (Å²) >= 11 is 0. The second-order valence-corrected chi connectivity index (χ2v) is 5.06. The molecule has 0 aliphatic carbocycles. The van der Waals surface area contributed by atoms with Crippen molar-refractivity contribution in [2.75, 3.05) is 46.4 Å². The van der Waals surface area contributed by atoms with Gasteiger partial charge in [-0.05, 0) is 52.2 Å². The Kier molecular flexibility index (Phi) is 4.62. The Morgan fingerprint density at radius 3 is 2.94 bits per heavy atom. The minimum absolute atomic E-state index is 0.713. The predicted octanol–water partition coefficient (Wildman–Crippen LogP) is 1.25. The van der Waals surface area contributed by atoms with Crippen LogP contribution in [0.5, 0.6) is 0 Å². The second kappa shape index (κ2) is 5.99. The van der Waals surface area contributed by atoms with E-state index in [1.807, 2.05) is 0 Å². The van der Waals surface area contributed by atoms with E-state index in [9.17, 15) is 0 Å². The first kappa shape index (κ1) is 12.3. The van der Waals surface area contributed by atoms with Gasteiger partial charge in [0, 0.05) is 25.7 Å². The lowest BCUT2D eigenvalue weighted by Crippen LogP contribution is -2.38. The van der Waals surface area contributed by atoms with Gasteiger partial charge < -0.3 is 9.64 Å². The zero-order valence-electron chi connectivity index (χ0n) is 10.7. The highest BCUT2D eigenvalue weighted by Gasteiger charge is 2.34. The molecule has 0 bridgehead atoms. The Morgan fingerprint density at radius 1 is 1.38 bits per heavy atom. The summed E-state index contributed by atoms with van der Waals surface area (Å²) in [6, 6.07) is 0.713. The Labute approximate surface area is 99.7 Å². The van der Waals surface area contributed by atoms with Crippen molar-refractivity contribution in [1.29, 1.82) is 0 Å². The summed E-state index contributed by atoms with van der Waals surface area (Å²) in [5.74, 6) is 0.856. The molecule has 3 heteroatoms. The van der Waals surface area contributed by atoms with Gasteiger partial charge in [0.1, 0.15) is 0 Å². The first-order chi connectivity index (χ1) is 7.81. The molecular weight excluding hydrogens is 200 g/mol. The van der Waals surface area contributed by atoms with Gasteiger partial charge >= 0.3 is 0 Å². The third-order valence-corrected chi connectivity index (χ3v) is 3.88. The largest absolute Gasteiger partial charge is 0.380 e. The Morgan fingerprint density at radius 2 is 2.25 bits per heavy atom. The van der Waals surface area contributed by atoms with E-state index in [0.717, 1.165) is 25.7 Å². The lowest BCUT2D eigenvalue weighted by Gasteiger charge is -2.29. The van der Waals surface area contributed by atoms with Crippen LogP contribution in [0.15, 0.2) is 0 Å². The van der Waals surface area contributed by atoms with Crippen molar-refractivity contribution < 1.29 is 4.74 Å². The third-order valence-electron chi connectivity index (χ3n) is 3.88. The molecule has 2 atom stereocenters. The monoisotopic (exact) mass is 225 g/mol. The Balaban J connectivity index is 1.78. The van der Waals surface area contributed by atoms with Crippen molar-refractivity contribution in [1.82, 2.24) is 9.80 Å². The van der Waals surface area contributed by atoms with Gasteiger partial charge in [0.2, 0.25) is 0 Å². The van der Waals surface area contributed by atoms with Gasteiger partial charge in [-0.25, -0.2) is 0 Å². The fourth-order valence-corrected chi connectivity index (χ4v) is 3.03. The molecule has 2 fully saturated rings. The van der Waals surface area contributed by atoms with Crippen LogP contribution in [0.4, 0.5) is 0 Å². The molecule has 2 unspecified atom stereocenters. The van der Waals surface area contributed by atoms with Crippen LogP contribution in [-0.4, -0.2) is 62.3 Å². The molecule has 0 spiro atoms. The summed E-state index contributed by atoms with van der Waals surface area (Å²) in [6.07, 6.45) is 5.15. The molecule has 2 rings (SSSR count). The molecule has 93 valence electrons. The van der Waals surface area contributed by atoms with Crippen LogP contribution >= 0.6 is 0 Å². The normalized spacial score (nSPS) is 32.6. The molecule has 0 N–H and O–H groups in total. The van der Waals surface area contributed by atoms with E-state index in [2.05, 4.69) is 30.2 Å². The highest BCUT2D eigenvalue weighted by Crippen LogP contribution is 2.28. The van der Waals surface area contributed by atoms with Crippen molar-refractivity contribution in [2.45, 2.75) is 25.8 Å². The number of hydrogen-bond donors (Lipinski definition) is 0. The van der Waals surface area contributed by atoms with Crippen LogP contribution in [0.1, 0.15) is 19.8 Å². The maximum atomic E-state index is 5.46. The molecule has 0 aromatic heterocycles. The van der Waals surface area contributed by atoms with Crippen LogP contribution in [-0.2, 0) is 4.74 Å². The zero-order chi connectivity index (χ0) is 11.4. The van der Waals surface area contributed by atoms with Gasteiger partial charge in [-0.2, -0.15) is 0 Å². The van der Waals surface area contributed by atoms with E-state index in [0.29, 0.717) is 6.04 Å². The van der Waals surface area contributed by atoms with E-state index in [4.69, 9.17) is 4.74 Å². The van der Waals surface area contributed by atoms with Crippen molar-refractivity contribution >= 4 is 0 Å². The number of likely N-dealkylation sites (tertiary alicyclic amines) is 2. The quantitative estimate of drug-likeness (QED) is 0.655. The summed E-state index contributed by atoms with van der Waals surface area (Å²) in [5, 5.41) is 0. The number of nitrogens with zero attached hydrogens (tertiary/aromatic N) is 2. The minimum atomic E-state index is 0.713. The summed E-state index contributed by atoms with van der Waals surface area (Å²) in [6.45, 7) is 8.69. The van der Waals surface area contributed by atoms with Crippen molar-refractivity contribution in [2.24, 2.45) is 5.92 Å². The highest BCUT2D eigenvalue weighted by atomic mass is 16.5. The summed E-state index contributed by atoms with van der Waals surface area (Å²) in [5.41, 5.74) is 0. The molecular formula is C13H25N2O. The number of hydrogen-bond acceptors (Lipinski definition) is 3. The average molecular weight is 225 g/mol. The maximum Gasteiger partial charge on any atom is 0.0593 e. The molecule has 2 aliphatic heterocycles. The summed E-state index contributed by atoms with van der Waals surface area (Å²) < 4.78 is 5.46. The molecule has 0 aromatic rings. The van der Waals surface area contributed by atoms with Gasteiger partial charge in [-0.1, -0.05) is 0 Å². The average Bonchev–Trinajstić information content (AvgIpc) is 2.87. The van der Waals surface area contributed by atoms with Crippen LogP contribution in [0.3, 0.4) is 0 Å². The summed E-state index contributed by atoms with van der Waals surface area (Å²) in [4.78, 5) is 5.07. The molecule has 16 heavy (non-hydrogen) atoms. The lowest BCUT2D eigenvalue weighted by atomic mass is 9.97. The lowest BCUT2D eigenvalue weighted by molar-refractivity contribution is 0.101. The second-order valence-electron chi connectivity index (χ2n) is 5.06. The SMILES string of the molecule is CCOCCN1CC[CH]C1C1CCN(C)C1. The number of ether oxygens (including phenoxy) is 1. The molecule has 0 saturated carbocycles. The predicted molar refractivity (Wildman–Crippen MR) is 66.4 cm³/mol. The molecule has 0 aromatic carbocycles. The van der Waals surface area contributed by atoms with Gasteiger partial charge in [0.05, 0.1) is 6.61 Å². The molecule has 2 aliphatic rings. The topological polar surface area (TPSA) is 15.7 Å². The van der Waals surface area contributed by atoms with Crippen LogP contribution in [0.2, 0.25) is 0 Å². The van der Waals surface area contributed by atoms with Crippen LogP contribution in [0.25, 0.3) is 0 Å². The Hall–Kier alpha value is -0.120. The van der Waals surface area contributed by atoms with Gasteiger partial charge in [0.25, 0.3) is 0 Å². The van der Waals surface area contributed by atoms with Gasteiger partial charge in [-0.3, -0.25) is 4.90 Å². The van der Waals surface area contributed by atoms with Crippen LogP contribution < -0.4 is 0 Å². The summed E-state index contributed by atoms with van der Waals surface area (Å²) in [7, 11) is 2.24. The molecule has 0 amide bonds. The Bertz CT molecular complexity index is 210. The minimum Gasteiger partial charge on any atom is -0.380 e. The maximum absolute atomic E-state index is 5.46. The zero-order valence-corrected chi connectivity index (χ0v) is 10.7. The van der Waals surface area contributed by atoms with Crippen molar-refractivity contribution in [3.05, 3.63) is 6.42 Å². The fourth-order valence-electron chi connectivity index (χ4n) is 3.03.